The lowest BCUT2D eigenvalue weighted by molar-refractivity contribution is -0.122. The molecular weight excluding hydrogens is 294 g/mol. The molecule has 0 unspecified atom stereocenters. The summed E-state index contributed by atoms with van der Waals surface area (Å²) >= 11 is 0. The van der Waals surface area contributed by atoms with Gasteiger partial charge in [-0.2, -0.15) is 0 Å². The van der Waals surface area contributed by atoms with Crippen LogP contribution in [0.3, 0.4) is 0 Å². The second-order valence-corrected chi connectivity index (χ2v) is 5.02. The van der Waals surface area contributed by atoms with Gasteiger partial charge in [0, 0.05) is 31.1 Å². The average Bonchev–Trinajstić information content (AvgIpc) is 2.60. The zero-order valence-electron chi connectivity index (χ0n) is 13.3. The van der Waals surface area contributed by atoms with E-state index in [0.717, 1.165) is 12.1 Å². The third-order valence-electron chi connectivity index (χ3n) is 3.46. The summed E-state index contributed by atoms with van der Waals surface area (Å²) in [6, 6.07) is 7.30. The summed E-state index contributed by atoms with van der Waals surface area (Å²) in [5.41, 5.74) is 2.09. The fourth-order valence-corrected chi connectivity index (χ4v) is 2.22. The van der Waals surface area contributed by atoms with Crippen LogP contribution >= 0.6 is 0 Å². The van der Waals surface area contributed by atoms with Crippen molar-refractivity contribution < 1.29 is 14.3 Å². The molecule has 3 N–H and O–H groups in total. The number of carbonyl (C=O) groups is 2. The number of amides is 2. The van der Waals surface area contributed by atoms with Gasteiger partial charge in [-0.3, -0.25) is 9.59 Å². The Morgan fingerprint density at radius 1 is 1.17 bits per heavy atom. The number of ether oxygens (including phenoxy) is 1. The van der Waals surface area contributed by atoms with Crippen molar-refractivity contribution in [3.8, 4) is 5.75 Å². The summed E-state index contributed by atoms with van der Waals surface area (Å²) in [4.78, 5) is 23.8. The second kappa shape index (κ2) is 8.03. The van der Waals surface area contributed by atoms with Crippen LogP contribution in [0.15, 0.2) is 47.7 Å². The van der Waals surface area contributed by atoms with Crippen LogP contribution in [-0.4, -0.2) is 32.5 Å². The van der Waals surface area contributed by atoms with E-state index in [1.807, 2.05) is 25.3 Å². The van der Waals surface area contributed by atoms with Gasteiger partial charge >= 0.3 is 0 Å². The maximum absolute atomic E-state index is 12.0. The molecule has 2 amide bonds. The van der Waals surface area contributed by atoms with Crippen molar-refractivity contribution in [3.63, 3.8) is 0 Å². The molecule has 0 atom stereocenters. The number of hydrogen-bond acceptors (Lipinski definition) is 4. The first-order chi connectivity index (χ1) is 11.1. The number of likely N-dealkylation sites (N-methyl/N-ethyl adjacent to an activating group) is 1. The molecule has 6 heteroatoms. The summed E-state index contributed by atoms with van der Waals surface area (Å²) in [7, 11) is 3.41. The summed E-state index contributed by atoms with van der Waals surface area (Å²) in [5.74, 6) is 0.137. The molecule has 0 bridgehead atoms. The first-order valence-corrected chi connectivity index (χ1v) is 7.46. The molecule has 2 rings (SSSR count). The van der Waals surface area contributed by atoms with Crippen molar-refractivity contribution in [2.45, 2.75) is 12.8 Å². The van der Waals surface area contributed by atoms with Gasteiger partial charge in [0.1, 0.15) is 5.75 Å². The molecule has 23 heavy (non-hydrogen) atoms. The Morgan fingerprint density at radius 3 is 2.57 bits per heavy atom. The average molecular weight is 315 g/mol. The maximum Gasteiger partial charge on any atom is 0.262 e. The first-order valence-electron chi connectivity index (χ1n) is 7.46. The molecule has 1 aliphatic carbocycles. The number of allylic oxidation sites excluding steroid dienone is 2. The van der Waals surface area contributed by atoms with E-state index in [-0.39, 0.29) is 18.4 Å². The molecule has 1 aliphatic rings. The molecule has 1 aromatic rings. The zero-order valence-corrected chi connectivity index (χ0v) is 13.3. The molecule has 1 aromatic carbocycles. The second-order valence-electron chi connectivity index (χ2n) is 5.02. The van der Waals surface area contributed by atoms with E-state index in [4.69, 9.17) is 4.74 Å². The Morgan fingerprint density at radius 2 is 1.91 bits per heavy atom. The fourth-order valence-electron chi connectivity index (χ4n) is 2.22. The largest absolute Gasteiger partial charge is 0.484 e. The van der Waals surface area contributed by atoms with Gasteiger partial charge in [-0.25, -0.2) is 0 Å². The predicted molar refractivity (Wildman–Crippen MR) is 89.1 cm³/mol. The number of benzene rings is 1. The van der Waals surface area contributed by atoms with Crippen LogP contribution in [0, 0.1) is 0 Å². The lowest BCUT2D eigenvalue weighted by Crippen LogP contribution is -2.32. The molecule has 6 nitrogen and oxygen atoms in total. The van der Waals surface area contributed by atoms with Crippen LogP contribution < -0.4 is 20.7 Å². The number of nitrogens with one attached hydrogen (secondary N) is 3. The van der Waals surface area contributed by atoms with Crippen LogP contribution in [0.25, 0.3) is 0 Å². The molecule has 0 aliphatic heterocycles. The SMILES string of the molecule is CNC(=O)C1=C(NC(=O)COc2ccc(NC)cc2)C=CCC1. The van der Waals surface area contributed by atoms with Gasteiger partial charge in [0.05, 0.1) is 0 Å². The highest BCUT2D eigenvalue weighted by Crippen LogP contribution is 2.18. The minimum atomic E-state index is -0.300. The van der Waals surface area contributed by atoms with Gasteiger partial charge in [-0.1, -0.05) is 6.08 Å². The van der Waals surface area contributed by atoms with Gasteiger partial charge in [-0.15, -0.1) is 0 Å². The third-order valence-corrected chi connectivity index (χ3v) is 3.46. The number of rotatable bonds is 6. The summed E-state index contributed by atoms with van der Waals surface area (Å²) in [5, 5.41) is 8.33. The van der Waals surface area contributed by atoms with Crippen molar-refractivity contribution in [1.82, 2.24) is 10.6 Å². The molecular formula is C17H21N3O3. The number of hydrogen-bond donors (Lipinski definition) is 3. The zero-order chi connectivity index (χ0) is 16.7. The molecule has 0 aromatic heterocycles. The molecule has 0 spiro atoms. The highest BCUT2D eigenvalue weighted by Gasteiger charge is 2.17. The highest BCUT2D eigenvalue weighted by atomic mass is 16.5. The highest BCUT2D eigenvalue weighted by molar-refractivity contribution is 5.95. The Hall–Kier alpha value is -2.76. The van der Waals surface area contributed by atoms with E-state index in [0.29, 0.717) is 23.4 Å². The van der Waals surface area contributed by atoms with Crippen molar-refractivity contribution in [2.24, 2.45) is 0 Å². The Balaban J connectivity index is 1.94. The lowest BCUT2D eigenvalue weighted by atomic mass is 10.0. The fraction of sp³-hybridized carbons (Fsp3) is 0.294. The van der Waals surface area contributed by atoms with Gasteiger partial charge < -0.3 is 20.7 Å². The van der Waals surface area contributed by atoms with E-state index >= 15 is 0 Å². The monoisotopic (exact) mass is 315 g/mol. The van der Waals surface area contributed by atoms with Gasteiger partial charge in [0.2, 0.25) is 5.91 Å². The lowest BCUT2D eigenvalue weighted by Gasteiger charge is -2.16. The predicted octanol–water partition coefficient (Wildman–Crippen LogP) is 1.57. The summed E-state index contributed by atoms with van der Waals surface area (Å²) in [6.45, 7) is -0.114. The standard InChI is InChI=1S/C17H21N3O3/c1-18-12-7-9-13(10-8-12)23-11-16(21)20-15-6-4-3-5-14(15)17(22)19-2/h4,6-10,18H,3,5,11H2,1-2H3,(H,19,22)(H,20,21). The Bertz CT molecular complexity index is 633. The van der Waals surface area contributed by atoms with Crippen molar-refractivity contribution in [1.29, 1.82) is 0 Å². The van der Waals surface area contributed by atoms with Crippen molar-refractivity contribution in [2.75, 3.05) is 26.0 Å². The first kappa shape index (κ1) is 16.6. The minimum Gasteiger partial charge on any atom is -0.484 e. The Kier molecular flexibility index (Phi) is 5.80. The van der Waals surface area contributed by atoms with Crippen LogP contribution in [0.5, 0.6) is 5.75 Å². The van der Waals surface area contributed by atoms with Gasteiger partial charge in [0.15, 0.2) is 6.61 Å². The topological polar surface area (TPSA) is 79.5 Å². The van der Waals surface area contributed by atoms with Gasteiger partial charge in [-0.05, 0) is 43.2 Å². The smallest absolute Gasteiger partial charge is 0.262 e. The van der Waals surface area contributed by atoms with Gasteiger partial charge in [0.25, 0.3) is 5.91 Å². The number of carbonyl (C=O) groups excluding carboxylic acids is 2. The van der Waals surface area contributed by atoms with Crippen molar-refractivity contribution in [3.05, 3.63) is 47.7 Å². The van der Waals surface area contributed by atoms with E-state index in [1.165, 1.54) is 0 Å². The molecule has 0 saturated carbocycles. The van der Waals surface area contributed by atoms with Crippen LogP contribution in [0.2, 0.25) is 0 Å². The van der Waals surface area contributed by atoms with E-state index in [2.05, 4.69) is 16.0 Å². The minimum absolute atomic E-state index is 0.114. The molecule has 0 saturated heterocycles. The van der Waals surface area contributed by atoms with Crippen molar-refractivity contribution >= 4 is 17.5 Å². The van der Waals surface area contributed by atoms with Crippen LogP contribution in [0.1, 0.15) is 12.8 Å². The summed E-state index contributed by atoms with van der Waals surface area (Å²) in [6.07, 6.45) is 5.08. The number of anilines is 1. The Labute approximate surface area is 135 Å². The molecule has 122 valence electrons. The molecule has 0 heterocycles. The van der Waals surface area contributed by atoms with E-state index < -0.39 is 0 Å². The third kappa shape index (κ3) is 4.60. The van der Waals surface area contributed by atoms with E-state index in [1.54, 1.807) is 25.3 Å². The maximum atomic E-state index is 12.0. The summed E-state index contributed by atoms with van der Waals surface area (Å²) < 4.78 is 5.44. The normalized spacial score (nSPS) is 13.5. The van der Waals surface area contributed by atoms with E-state index in [9.17, 15) is 9.59 Å². The van der Waals surface area contributed by atoms with Crippen LogP contribution in [-0.2, 0) is 9.59 Å². The van der Waals surface area contributed by atoms with Crippen LogP contribution in [0.4, 0.5) is 5.69 Å². The molecule has 0 radical (unpaired) electrons. The molecule has 0 fully saturated rings. The quantitative estimate of drug-likeness (QED) is 0.744.